The molecular weight excluding hydrogens is 184 g/mol. The molecule has 0 saturated heterocycles. The molecule has 0 amide bonds. The molecule has 0 aliphatic heterocycles. The Labute approximate surface area is 77.6 Å². The maximum absolute atomic E-state index is 10.7. The lowest BCUT2D eigenvalue weighted by Gasteiger charge is -1.95. The molecule has 0 aromatic carbocycles. The Morgan fingerprint density at radius 3 is 1.50 bits per heavy atom. The van der Waals surface area contributed by atoms with E-state index in [1.165, 1.54) is 24.3 Å². The van der Waals surface area contributed by atoms with Crippen LogP contribution in [-0.2, 0) is 0 Å². The minimum absolute atomic E-state index is 0.279. The van der Waals surface area contributed by atoms with Gasteiger partial charge in [0.2, 0.25) is 0 Å². The monoisotopic (exact) mass is 190 g/mol. The summed E-state index contributed by atoms with van der Waals surface area (Å²) >= 11 is 0. The number of nitrogens with zero attached hydrogens (tertiary/aromatic N) is 2. The van der Waals surface area contributed by atoms with Gasteiger partial charge in [-0.3, -0.25) is 9.59 Å². The summed E-state index contributed by atoms with van der Waals surface area (Å²) in [5.41, 5.74) is 0.443. The first kappa shape index (κ1) is 8.36. The van der Waals surface area contributed by atoms with Gasteiger partial charge in [-0.2, -0.15) is 10.2 Å². The van der Waals surface area contributed by atoms with Gasteiger partial charge in [0.05, 0.1) is 0 Å². The molecule has 0 unspecified atom stereocenters. The van der Waals surface area contributed by atoms with Crippen LogP contribution in [0.3, 0.4) is 0 Å². The van der Waals surface area contributed by atoms with Gasteiger partial charge < -0.3 is 0 Å². The topological polar surface area (TPSA) is 91.5 Å². The smallest absolute Gasteiger partial charge is 0.264 e. The summed E-state index contributed by atoms with van der Waals surface area (Å²) in [5.74, 6) is 0. The molecule has 2 heterocycles. The van der Waals surface area contributed by atoms with Crippen molar-refractivity contribution in [1.82, 2.24) is 20.4 Å². The lowest BCUT2D eigenvalue weighted by Crippen LogP contribution is -2.09. The maximum atomic E-state index is 10.7. The minimum atomic E-state index is -0.279. The van der Waals surface area contributed by atoms with Crippen molar-refractivity contribution < 1.29 is 0 Å². The highest BCUT2D eigenvalue weighted by molar-refractivity contribution is 5.51. The highest BCUT2D eigenvalue weighted by Gasteiger charge is 1.99. The largest absolute Gasteiger partial charge is 0.268 e. The van der Waals surface area contributed by atoms with E-state index in [1.54, 1.807) is 0 Å². The fourth-order valence-corrected chi connectivity index (χ4v) is 0.974. The summed E-state index contributed by atoms with van der Waals surface area (Å²) < 4.78 is 0. The molecular formula is C8H6N4O2. The number of rotatable bonds is 1. The third-order valence-electron chi connectivity index (χ3n) is 1.62. The third kappa shape index (κ3) is 1.58. The summed E-state index contributed by atoms with van der Waals surface area (Å²) in [7, 11) is 0. The first-order chi connectivity index (χ1) is 6.75. The van der Waals surface area contributed by atoms with Gasteiger partial charge in [-0.25, -0.2) is 10.2 Å². The third-order valence-corrected chi connectivity index (χ3v) is 1.62. The van der Waals surface area contributed by atoms with Crippen molar-refractivity contribution in [2.24, 2.45) is 0 Å². The molecule has 0 spiro atoms. The van der Waals surface area contributed by atoms with Gasteiger partial charge in [-0.05, 0) is 12.1 Å². The van der Waals surface area contributed by atoms with E-state index in [1.807, 2.05) is 0 Å². The van der Waals surface area contributed by atoms with E-state index in [4.69, 9.17) is 0 Å². The highest BCUT2D eigenvalue weighted by Crippen LogP contribution is 2.07. The van der Waals surface area contributed by atoms with E-state index in [-0.39, 0.29) is 11.1 Å². The van der Waals surface area contributed by atoms with Crippen molar-refractivity contribution in [3.8, 4) is 11.4 Å². The average molecular weight is 190 g/mol. The zero-order chi connectivity index (χ0) is 9.97. The van der Waals surface area contributed by atoms with Crippen molar-refractivity contribution in [3.63, 3.8) is 0 Å². The molecule has 2 aromatic heterocycles. The van der Waals surface area contributed by atoms with Crippen molar-refractivity contribution >= 4 is 0 Å². The number of aromatic nitrogens is 4. The zero-order valence-electron chi connectivity index (χ0n) is 7.02. The van der Waals surface area contributed by atoms with E-state index in [2.05, 4.69) is 20.4 Å². The van der Waals surface area contributed by atoms with E-state index < -0.39 is 0 Å². The maximum Gasteiger partial charge on any atom is 0.264 e. The zero-order valence-corrected chi connectivity index (χ0v) is 7.02. The molecule has 0 aliphatic rings. The van der Waals surface area contributed by atoms with Crippen molar-refractivity contribution in [2.45, 2.75) is 0 Å². The van der Waals surface area contributed by atoms with Crippen LogP contribution in [0.4, 0.5) is 0 Å². The van der Waals surface area contributed by atoms with Gasteiger partial charge in [0, 0.05) is 12.1 Å². The van der Waals surface area contributed by atoms with Crippen LogP contribution in [-0.4, -0.2) is 20.4 Å². The Balaban J connectivity index is 2.49. The van der Waals surface area contributed by atoms with Gasteiger partial charge in [0.25, 0.3) is 11.1 Å². The standard InChI is InChI=1S/C8H6N4O2/c13-7-3-1-5(9-11-7)6-2-4-8(14)12-10-6/h1-4H,(H,11,13)(H,12,14). The Morgan fingerprint density at radius 1 is 0.786 bits per heavy atom. The molecule has 14 heavy (non-hydrogen) atoms. The molecule has 0 radical (unpaired) electrons. The van der Waals surface area contributed by atoms with Gasteiger partial charge in [-0.1, -0.05) is 0 Å². The quantitative estimate of drug-likeness (QED) is 0.635. The highest BCUT2D eigenvalue weighted by atomic mass is 16.1. The van der Waals surface area contributed by atoms with Crippen LogP contribution >= 0.6 is 0 Å². The Morgan fingerprint density at radius 2 is 1.21 bits per heavy atom. The molecule has 0 bridgehead atoms. The Kier molecular flexibility index (Phi) is 1.94. The number of H-pyrrole nitrogens is 2. The molecule has 2 N–H and O–H groups in total. The van der Waals surface area contributed by atoms with E-state index in [9.17, 15) is 9.59 Å². The average Bonchev–Trinajstić information content (AvgIpc) is 2.21. The molecule has 70 valence electrons. The van der Waals surface area contributed by atoms with Crippen LogP contribution in [0.25, 0.3) is 11.4 Å². The number of hydrogen-bond acceptors (Lipinski definition) is 4. The summed E-state index contributed by atoms with van der Waals surface area (Å²) in [6.07, 6.45) is 0. The van der Waals surface area contributed by atoms with Crippen molar-refractivity contribution in [2.75, 3.05) is 0 Å². The molecule has 0 atom stereocenters. The van der Waals surface area contributed by atoms with Crippen LogP contribution in [0.5, 0.6) is 0 Å². The molecule has 0 fully saturated rings. The molecule has 6 nitrogen and oxygen atoms in total. The van der Waals surface area contributed by atoms with Crippen LogP contribution in [0.2, 0.25) is 0 Å². The van der Waals surface area contributed by atoms with E-state index in [0.717, 1.165) is 0 Å². The van der Waals surface area contributed by atoms with Gasteiger partial charge in [-0.15, -0.1) is 0 Å². The van der Waals surface area contributed by atoms with Crippen LogP contribution < -0.4 is 11.1 Å². The molecule has 0 saturated carbocycles. The molecule has 2 aromatic rings. The minimum Gasteiger partial charge on any atom is -0.268 e. The van der Waals surface area contributed by atoms with Gasteiger partial charge >= 0.3 is 0 Å². The molecule has 0 aliphatic carbocycles. The molecule has 2 rings (SSSR count). The predicted molar refractivity (Wildman–Crippen MR) is 48.7 cm³/mol. The normalized spacial score (nSPS) is 10.0. The van der Waals surface area contributed by atoms with E-state index >= 15 is 0 Å². The second-order valence-corrected chi connectivity index (χ2v) is 2.61. The summed E-state index contributed by atoms with van der Waals surface area (Å²) in [4.78, 5) is 21.4. The Hall–Kier alpha value is -2.24. The number of nitrogens with one attached hydrogen (secondary N) is 2. The van der Waals surface area contributed by atoms with Crippen molar-refractivity contribution in [3.05, 3.63) is 45.0 Å². The molecule has 6 heteroatoms. The SMILES string of the molecule is O=c1ccc(-c2ccc(=O)[nH]n2)n[nH]1. The fourth-order valence-electron chi connectivity index (χ4n) is 0.974. The summed E-state index contributed by atoms with van der Waals surface area (Å²) in [6.45, 7) is 0. The lowest BCUT2D eigenvalue weighted by molar-refractivity contribution is 0.952. The summed E-state index contributed by atoms with van der Waals surface area (Å²) in [6, 6.07) is 5.74. The van der Waals surface area contributed by atoms with Crippen molar-refractivity contribution in [1.29, 1.82) is 0 Å². The Bertz CT molecular complexity index is 465. The van der Waals surface area contributed by atoms with Crippen LogP contribution in [0.15, 0.2) is 33.9 Å². The lowest BCUT2D eigenvalue weighted by atomic mass is 10.3. The second-order valence-electron chi connectivity index (χ2n) is 2.61. The van der Waals surface area contributed by atoms with Gasteiger partial charge in [0.1, 0.15) is 11.4 Å². The fraction of sp³-hybridized carbons (Fsp3) is 0. The second kappa shape index (κ2) is 3.25. The first-order valence-electron chi connectivity index (χ1n) is 3.87. The van der Waals surface area contributed by atoms with E-state index in [0.29, 0.717) is 11.4 Å². The first-order valence-corrected chi connectivity index (χ1v) is 3.87. The number of hydrogen-bond donors (Lipinski definition) is 2. The number of aromatic amines is 2. The predicted octanol–water partition coefficient (Wildman–Crippen LogP) is -0.480. The van der Waals surface area contributed by atoms with Crippen LogP contribution in [0.1, 0.15) is 0 Å². The van der Waals surface area contributed by atoms with Crippen LogP contribution in [0, 0.1) is 0 Å². The van der Waals surface area contributed by atoms with Gasteiger partial charge in [0.15, 0.2) is 0 Å². The summed E-state index contributed by atoms with van der Waals surface area (Å²) in [5, 5.41) is 12.1.